The molecule has 2 aromatic rings. The Bertz CT molecular complexity index is 925. The van der Waals surface area contributed by atoms with E-state index in [1.54, 1.807) is 44.6 Å². The number of methoxy groups -OCH3 is 2. The highest BCUT2D eigenvalue weighted by Crippen LogP contribution is 2.27. The first-order valence-electron chi connectivity index (χ1n) is 10.9. The summed E-state index contributed by atoms with van der Waals surface area (Å²) in [6.45, 7) is 2.62. The lowest BCUT2D eigenvalue weighted by atomic mass is 10.1. The van der Waals surface area contributed by atoms with Crippen molar-refractivity contribution in [3.8, 4) is 17.2 Å². The minimum Gasteiger partial charge on any atom is -0.494 e. The lowest BCUT2D eigenvalue weighted by Gasteiger charge is -2.10. The molecule has 0 aliphatic rings. The second-order valence-electron chi connectivity index (χ2n) is 7.25. The van der Waals surface area contributed by atoms with E-state index in [1.807, 2.05) is 19.1 Å². The average molecular weight is 458 g/mol. The van der Waals surface area contributed by atoms with Gasteiger partial charge in [0.1, 0.15) is 5.75 Å². The van der Waals surface area contributed by atoms with Crippen molar-refractivity contribution in [3.63, 3.8) is 0 Å². The average Bonchev–Trinajstić information content (AvgIpc) is 2.84. The van der Waals surface area contributed by atoms with Crippen LogP contribution in [-0.4, -0.2) is 51.6 Å². The lowest BCUT2D eigenvalue weighted by Crippen LogP contribution is -2.30. The summed E-state index contributed by atoms with van der Waals surface area (Å²) in [5, 5.41) is 2.70. The van der Waals surface area contributed by atoms with Crippen LogP contribution in [0.2, 0.25) is 0 Å². The molecule has 0 heterocycles. The fraction of sp³-hybridized carbons (Fsp3) is 0.400. The summed E-state index contributed by atoms with van der Waals surface area (Å²) in [4.78, 5) is 36.0. The summed E-state index contributed by atoms with van der Waals surface area (Å²) < 4.78 is 20.9. The minimum absolute atomic E-state index is 0.00885. The van der Waals surface area contributed by atoms with Crippen LogP contribution < -0.4 is 19.5 Å². The first-order chi connectivity index (χ1) is 16.0. The second kappa shape index (κ2) is 13.8. The summed E-state index contributed by atoms with van der Waals surface area (Å²) in [5.74, 6) is 0.775. The van der Waals surface area contributed by atoms with E-state index in [0.29, 0.717) is 42.4 Å². The van der Waals surface area contributed by atoms with E-state index in [-0.39, 0.29) is 25.2 Å². The van der Waals surface area contributed by atoms with E-state index in [0.717, 1.165) is 12.0 Å². The molecule has 8 nitrogen and oxygen atoms in total. The van der Waals surface area contributed by atoms with Crippen molar-refractivity contribution >= 4 is 17.7 Å². The zero-order valence-corrected chi connectivity index (χ0v) is 19.3. The first-order valence-corrected chi connectivity index (χ1v) is 10.9. The third-order valence-electron chi connectivity index (χ3n) is 4.75. The molecule has 0 bridgehead atoms. The number of Topliss-reactive ketones (excluding diaryl/α,β-unsaturated/α-hetero) is 1. The van der Waals surface area contributed by atoms with Crippen molar-refractivity contribution in [1.29, 1.82) is 0 Å². The van der Waals surface area contributed by atoms with Gasteiger partial charge in [0, 0.05) is 18.5 Å². The Kier molecular flexibility index (Phi) is 10.7. The van der Waals surface area contributed by atoms with Crippen molar-refractivity contribution in [2.75, 3.05) is 34.0 Å². The number of carbonyl (C=O) groups is 3. The fourth-order valence-corrected chi connectivity index (χ4v) is 2.97. The van der Waals surface area contributed by atoms with Gasteiger partial charge in [-0.2, -0.15) is 0 Å². The van der Waals surface area contributed by atoms with Gasteiger partial charge >= 0.3 is 5.97 Å². The number of esters is 1. The number of carbonyl (C=O) groups excluding carboxylic acids is 3. The predicted octanol–water partition coefficient (Wildman–Crippen LogP) is 3.36. The standard InChI is InChI=1S/C25H31NO7/c1-4-15-32-20-8-6-19(7-9-20)21(27)10-12-25(29)33-17-24(28)26-14-13-18-5-11-22(30-2)23(16-18)31-3/h5-9,11,16H,4,10,12-15,17H2,1-3H3,(H,26,28). The molecule has 0 radical (unpaired) electrons. The normalized spacial score (nSPS) is 10.3. The maximum atomic E-state index is 12.2. The molecule has 1 amide bonds. The van der Waals surface area contributed by atoms with Crippen LogP contribution >= 0.6 is 0 Å². The Morgan fingerprint density at radius 1 is 0.909 bits per heavy atom. The maximum Gasteiger partial charge on any atom is 0.306 e. The van der Waals surface area contributed by atoms with Gasteiger partial charge in [0.25, 0.3) is 5.91 Å². The van der Waals surface area contributed by atoms with Crippen molar-refractivity contribution in [1.82, 2.24) is 5.32 Å². The van der Waals surface area contributed by atoms with Crippen LogP contribution in [0.4, 0.5) is 0 Å². The summed E-state index contributed by atoms with van der Waals surface area (Å²) in [6, 6.07) is 12.3. The van der Waals surface area contributed by atoms with Crippen molar-refractivity contribution in [2.45, 2.75) is 32.6 Å². The van der Waals surface area contributed by atoms with E-state index in [1.165, 1.54) is 0 Å². The number of benzene rings is 2. The topological polar surface area (TPSA) is 100 Å². The molecule has 0 spiro atoms. The molecule has 8 heteroatoms. The zero-order valence-electron chi connectivity index (χ0n) is 19.3. The smallest absolute Gasteiger partial charge is 0.306 e. The quantitative estimate of drug-likeness (QED) is 0.343. The molecule has 0 aliphatic carbocycles. The molecule has 2 rings (SSSR count). The molecule has 0 aliphatic heterocycles. The molecule has 1 N–H and O–H groups in total. The van der Waals surface area contributed by atoms with Crippen LogP contribution in [0.3, 0.4) is 0 Å². The third-order valence-corrected chi connectivity index (χ3v) is 4.75. The van der Waals surface area contributed by atoms with E-state index in [2.05, 4.69) is 5.32 Å². The zero-order chi connectivity index (χ0) is 24.1. The Hall–Kier alpha value is -3.55. The van der Waals surface area contributed by atoms with Gasteiger partial charge in [0.05, 0.1) is 27.2 Å². The molecule has 2 aromatic carbocycles. The molecule has 0 aromatic heterocycles. The Morgan fingerprint density at radius 3 is 2.30 bits per heavy atom. The molecule has 0 fully saturated rings. The minimum atomic E-state index is -0.596. The van der Waals surface area contributed by atoms with Gasteiger partial charge in [-0.3, -0.25) is 14.4 Å². The highest BCUT2D eigenvalue weighted by Gasteiger charge is 2.12. The number of nitrogens with one attached hydrogen (secondary N) is 1. The van der Waals surface area contributed by atoms with E-state index >= 15 is 0 Å². The van der Waals surface area contributed by atoms with Crippen LogP contribution in [0.25, 0.3) is 0 Å². The fourth-order valence-electron chi connectivity index (χ4n) is 2.97. The summed E-state index contributed by atoms with van der Waals surface area (Å²) in [7, 11) is 3.13. The van der Waals surface area contributed by atoms with Crippen LogP contribution in [-0.2, 0) is 20.7 Å². The number of ether oxygens (including phenoxy) is 4. The highest BCUT2D eigenvalue weighted by molar-refractivity contribution is 5.97. The highest BCUT2D eigenvalue weighted by atomic mass is 16.5. The van der Waals surface area contributed by atoms with Gasteiger partial charge in [-0.25, -0.2) is 0 Å². The molecular weight excluding hydrogens is 426 g/mol. The van der Waals surface area contributed by atoms with Crippen molar-refractivity contribution in [2.24, 2.45) is 0 Å². The predicted molar refractivity (Wildman–Crippen MR) is 123 cm³/mol. The van der Waals surface area contributed by atoms with E-state index in [4.69, 9.17) is 18.9 Å². The van der Waals surface area contributed by atoms with Gasteiger partial charge in [-0.1, -0.05) is 13.0 Å². The van der Waals surface area contributed by atoms with Gasteiger partial charge in [0.15, 0.2) is 23.9 Å². The monoisotopic (exact) mass is 457 g/mol. The first kappa shape index (κ1) is 25.7. The Balaban J connectivity index is 1.65. The third kappa shape index (κ3) is 8.84. The Morgan fingerprint density at radius 2 is 1.64 bits per heavy atom. The van der Waals surface area contributed by atoms with Gasteiger partial charge in [0.2, 0.25) is 0 Å². The number of ketones is 1. The van der Waals surface area contributed by atoms with Gasteiger partial charge in [-0.15, -0.1) is 0 Å². The summed E-state index contributed by atoms with van der Waals surface area (Å²) >= 11 is 0. The molecule has 0 atom stereocenters. The van der Waals surface area contributed by atoms with Crippen LogP contribution in [0, 0.1) is 0 Å². The number of hydrogen-bond donors (Lipinski definition) is 1. The van der Waals surface area contributed by atoms with E-state index in [9.17, 15) is 14.4 Å². The largest absolute Gasteiger partial charge is 0.494 e. The van der Waals surface area contributed by atoms with Crippen molar-refractivity contribution in [3.05, 3.63) is 53.6 Å². The SMILES string of the molecule is CCCOc1ccc(C(=O)CCC(=O)OCC(=O)NCCc2ccc(OC)c(OC)c2)cc1. The maximum absolute atomic E-state index is 12.2. The van der Waals surface area contributed by atoms with Crippen LogP contribution in [0.15, 0.2) is 42.5 Å². The van der Waals surface area contributed by atoms with E-state index < -0.39 is 11.9 Å². The molecule has 33 heavy (non-hydrogen) atoms. The summed E-state index contributed by atoms with van der Waals surface area (Å²) in [6.07, 6.45) is 1.40. The number of hydrogen-bond acceptors (Lipinski definition) is 7. The van der Waals surface area contributed by atoms with Crippen molar-refractivity contribution < 1.29 is 33.3 Å². The number of rotatable bonds is 14. The second-order valence-corrected chi connectivity index (χ2v) is 7.25. The Labute approximate surface area is 194 Å². The van der Waals surface area contributed by atoms with Crippen LogP contribution in [0.1, 0.15) is 42.1 Å². The lowest BCUT2D eigenvalue weighted by molar-refractivity contribution is -0.148. The molecule has 0 saturated carbocycles. The van der Waals surface area contributed by atoms with Gasteiger partial charge < -0.3 is 24.3 Å². The van der Waals surface area contributed by atoms with Gasteiger partial charge in [-0.05, 0) is 54.8 Å². The summed E-state index contributed by atoms with van der Waals surface area (Å²) in [5.41, 5.74) is 1.47. The molecule has 0 saturated heterocycles. The molecular formula is C25H31NO7. The molecule has 178 valence electrons. The number of amides is 1. The van der Waals surface area contributed by atoms with Crippen LogP contribution in [0.5, 0.6) is 17.2 Å². The molecule has 0 unspecified atom stereocenters.